The lowest BCUT2D eigenvalue weighted by molar-refractivity contribution is -0.118. The van der Waals surface area contributed by atoms with Gasteiger partial charge in [-0.1, -0.05) is 29.8 Å². The first-order valence-corrected chi connectivity index (χ1v) is 5.73. The molecule has 88 valence electrons. The molecule has 0 aliphatic heterocycles. The van der Waals surface area contributed by atoms with Crippen molar-refractivity contribution >= 4 is 34.5 Å². The van der Waals surface area contributed by atoms with Crippen molar-refractivity contribution in [1.29, 1.82) is 0 Å². The highest BCUT2D eigenvalue weighted by Crippen LogP contribution is 2.27. The van der Waals surface area contributed by atoms with E-state index < -0.39 is 0 Å². The van der Waals surface area contributed by atoms with Gasteiger partial charge >= 0.3 is 0 Å². The van der Waals surface area contributed by atoms with Gasteiger partial charge in [-0.05, 0) is 12.1 Å². The molecule has 4 heteroatoms. The summed E-state index contributed by atoms with van der Waals surface area (Å²) in [5, 5.41) is 4.43. The normalized spacial score (nSPS) is 11.2. The monoisotopic (exact) mass is 248 g/mol. The van der Waals surface area contributed by atoms with E-state index in [1.165, 1.54) is 6.92 Å². The molecule has 0 fully saturated rings. The molecule has 1 heterocycles. The zero-order chi connectivity index (χ0) is 12.3. The Labute approximate surface area is 104 Å². The molecule has 0 aliphatic rings. The Morgan fingerprint density at radius 3 is 3.12 bits per heavy atom. The van der Waals surface area contributed by atoms with Gasteiger partial charge in [0.25, 0.3) is 0 Å². The molecule has 0 atom stereocenters. The van der Waals surface area contributed by atoms with E-state index in [0.717, 1.165) is 21.5 Å². The highest BCUT2D eigenvalue weighted by atomic mass is 35.5. The van der Waals surface area contributed by atoms with E-state index in [4.69, 9.17) is 11.6 Å². The van der Waals surface area contributed by atoms with Crippen LogP contribution in [0, 0.1) is 0 Å². The number of H-pyrrole nitrogens is 1. The van der Waals surface area contributed by atoms with E-state index in [0.29, 0.717) is 6.54 Å². The number of carbonyl (C=O) groups excluding carboxylic acids is 1. The third-order valence-electron chi connectivity index (χ3n) is 2.45. The Kier molecular flexibility index (Phi) is 3.49. The summed E-state index contributed by atoms with van der Waals surface area (Å²) in [4.78, 5) is 13.9. The predicted molar refractivity (Wildman–Crippen MR) is 71.0 cm³/mol. The highest BCUT2D eigenvalue weighted by molar-refractivity contribution is 6.36. The van der Waals surface area contributed by atoms with Gasteiger partial charge in [0.15, 0.2) is 0 Å². The number of halogens is 1. The van der Waals surface area contributed by atoms with Gasteiger partial charge in [-0.25, -0.2) is 0 Å². The second kappa shape index (κ2) is 5.06. The molecule has 1 amide bonds. The van der Waals surface area contributed by atoms with Crippen molar-refractivity contribution in [2.75, 3.05) is 6.54 Å². The van der Waals surface area contributed by atoms with Gasteiger partial charge in [0.05, 0.1) is 5.02 Å². The number of amides is 1. The SMILES string of the molecule is CC(=O)NCC=Cc1c[nH]c2cccc(Cl)c12. The molecule has 0 saturated heterocycles. The smallest absolute Gasteiger partial charge is 0.217 e. The Balaban J connectivity index is 2.22. The molecule has 0 radical (unpaired) electrons. The highest BCUT2D eigenvalue weighted by Gasteiger charge is 2.03. The van der Waals surface area contributed by atoms with Crippen molar-refractivity contribution in [3.63, 3.8) is 0 Å². The van der Waals surface area contributed by atoms with Crippen LogP contribution in [0.25, 0.3) is 17.0 Å². The van der Waals surface area contributed by atoms with E-state index in [-0.39, 0.29) is 5.91 Å². The Morgan fingerprint density at radius 2 is 2.35 bits per heavy atom. The van der Waals surface area contributed by atoms with Crippen molar-refractivity contribution in [2.24, 2.45) is 0 Å². The number of hydrogen-bond donors (Lipinski definition) is 2. The van der Waals surface area contributed by atoms with Crippen LogP contribution in [0.4, 0.5) is 0 Å². The summed E-state index contributed by atoms with van der Waals surface area (Å²) in [6, 6.07) is 5.75. The number of fused-ring (bicyclic) bond motifs is 1. The number of hydrogen-bond acceptors (Lipinski definition) is 1. The van der Waals surface area contributed by atoms with Gasteiger partial charge in [-0.15, -0.1) is 0 Å². The minimum atomic E-state index is -0.0355. The Bertz CT molecular complexity index is 572. The second-order valence-corrected chi connectivity index (χ2v) is 4.15. The fourth-order valence-corrected chi connectivity index (χ4v) is 1.97. The number of aromatic nitrogens is 1. The molecule has 17 heavy (non-hydrogen) atoms. The van der Waals surface area contributed by atoms with Crippen LogP contribution < -0.4 is 5.32 Å². The van der Waals surface area contributed by atoms with Gasteiger partial charge in [-0.3, -0.25) is 4.79 Å². The van der Waals surface area contributed by atoms with Crippen LogP contribution in [0.5, 0.6) is 0 Å². The van der Waals surface area contributed by atoms with Crippen LogP contribution in [-0.2, 0) is 4.79 Å². The average molecular weight is 249 g/mol. The molecule has 1 aromatic heterocycles. The van der Waals surface area contributed by atoms with Crippen molar-refractivity contribution in [3.8, 4) is 0 Å². The summed E-state index contributed by atoms with van der Waals surface area (Å²) in [7, 11) is 0. The zero-order valence-corrected chi connectivity index (χ0v) is 10.2. The third kappa shape index (κ3) is 2.68. The zero-order valence-electron chi connectivity index (χ0n) is 9.46. The number of benzene rings is 1. The lowest BCUT2D eigenvalue weighted by atomic mass is 10.1. The minimum Gasteiger partial charge on any atom is -0.361 e. The van der Waals surface area contributed by atoms with Gasteiger partial charge in [-0.2, -0.15) is 0 Å². The van der Waals surface area contributed by atoms with E-state index in [1.54, 1.807) is 0 Å². The fourth-order valence-electron chi connectivity index (χ4n) is 1.69. The lowest BCUT2D eigenvalue weighted by Crippen LogP contribution is -2.19. The van der Waals surface area contributed by atoms with Crippen LogP contribution in [0.15, 0.2) is 30.5 Å². The maximum atomic E-state index is 10.7. The first-order valence-electron chi connectivity index (χ1n) is 5.35. The van der Waals surface area contributed by atoms with Crippen molar-refractivity contribution < 1.29 is 4.79 Å². The molecule has 3 nitrogen and oxygen atoms in total. The molecular formula is C13H13ClN2O. The fraction of sp³-hybridized carbons (Fsp3) is 0.154. The molecule has 0 bridgehead atoms. The molecule has 0 aliphatic carbocycles. The van der Waals surface area contributed by atoms with Crippen molar-refractivity contribution in [3.05, 3.63) is 41.1 Å². The van der Waals surface area contributed by atoms with E-state index in [2.05, 4.69) is 10.3 Å². The van der Waals surface area contributed by atoms with Crippen molar-refractivity contribution in [1.82, 2.24) is 10.3 Å². The number of aromatic amines is 1. The first kappa shape index (κ1) is 11.7. The van der Waals surface area contributed by atoms with Crippen molar-refractivity contribution in [2.45, 2.75) is 6.92 Å². The van der Waals surface area contributed by atoms with E-state index >= 15 is 0 Å². The maximum Gasteiger partial charge on any atom is 0.217 e. The molecule has 0 unspecified atom stereocenters. The molecular weight excluding hydrogens is 236 g/mol. The maximum absolute atomic E-state index is 10.7. The topological polar surface area (TPSA) is 44.9 Å². The quantitative estimate of drug-likeness (QED) is 0.862. The number of rotatable bonds is 3. The molecule has 0 spiro atoms. The summed E-state index contributed by atoms with van der Waals surface area (Å²) in [5.41, 5.74) is 2.03. The molecule has 2 rings (SSSR count). The van der Waals surface area contributed by atoms with Gasteiger partial charge in [0.1, 0.15) is 0 Å². The van der Waals surface area contributed by atoms with Crippen LogP contribution >= 0.6 is 11.6 Å². The number of carbonyl (C=O) groups is 1. The van der Waals surface area contributed by atoms with Gasteiger partial charge < -0.3 is 10.3 Å². The molecule has 2 N–H and O–H groups in total. The largest absolute Gasteiger partial charge is 0.361 e. The van der Waals surface area contributed by atoms with Gasteiger partial charge in [0.2, 0.25) is 5.91 Å². The second-order valence-electron chi connectivity index (χ2n) is 3.75. The summed E-state index contributed by atoms with van der Waals surface area (Å²) in [5.74, 6) is -0.0355. The van der Waals surface area contributed by atoms with Crippen LogP contribution in [0.1, 0.15) is 12.5 Å². The predicted octanol–water partition coefficient (Wildman–Crippen LogP) is 2.97. The van der Waals surface area contributed by atoms with Crippen LogP contribution in [0.2, 0.25) is 5.02 Å². The molecule has 0 saturated carbocycles. The van der Waals surface area contributed by atoms with Gasteiger partial charge in [0, 0.05) is 36.1 Å². The number of nitrogens with one attached hydrogen (secondary N) is 2. The minimum absolute atomic E-state index is 0.0355. The van der Waals surface area contributed by atoms with Crippen LogP contribution in [0.3, 0.4) is 0 Å². The summed E-state index contributed by atoms with van der Waals surface area (Å²) in [6.45, 7) is 2.02. The summed E-state index contributed by atoms with van der Waals surface area (Å²) in [6.07, 6.45) is 5.74. The standard InChI is InChI=1S/C13H13ClN2O/c1-9(17)15-7-3-4-10-8-16-12-6-2-5-11(14)13(10)12/h2-6,8,16H,7H2,1H3,(H,15,17). The molecule has 1 aromatic carbocycles. The molecule has 2 aromatic rings. The Morgan fingerprint density at radius 1 is 1.53 bits per heavy atom. The lowest BCUT2D eigenvalue weighted by Gasteiger charge is -1.96. The van der Waals surface area contributed by atoms with E-state index in [1.807, 2.05) is 36.5 Å². The first-order chi connectivity index (χ1) is 8.18. The van der Waals surface area contributed by atoms with E-state index in [9.17, 15) is 4.79 Å². The van der Waals surface area contributed by atoms with Crippen LogP contribution in [-0.4, -0.2) is 17.4 Å². The summed E-state index contributed by atoms with van der Waals surface area (Å²) < 4.78 is 0. The Hall–Kier alpha value is -1.74. The summed E-state index contributed by atoms with van der Waals surface area (Å²) >= 11 is 6.14. The average Bonchev–Trinajstić information content (AvgIpc) is 2.69. The third-order valence-corrected chi connectivity index (χ3v) is 2.77.